The lowest BCUT2D eigenvalue weighted by Gasteiger charge is -2.12. The van der Waals surface area contributed by atoms with Crippen molar-refractivity contribution < 1.29 is 9.53 Å². The molecule has 0 radical (unpaired) electrons. The van der Waals surface area contributed by atoms with Crippen molar-refractivity contribution in [3.8, 4) is 0 Å². The number of rotatable bonds is 6. The van der Waals surface area contributed by atoms with E-state index in [4.69, 9.17) is 16.3 Å². The predicted molar refractivity (Wildman–Crippen MR) is 65.9 cm³/mol. The lowest BCUT2D eigenvalue weighted by molar-refractivity contribution is -0.128. The summed E-state index contributed by atoms with van der Waals surface area (Å²) in [7, 11) is 1.58. The van der Waals surface area contributed by atoms with Gasteiger partial charge in [0.1, 0.15) is 6.10 Å². The van der Waals surface area contributed by atoms with Gasteiger partial charge < -0.3 is 4.74 Å². The van der Waals surface area contributed by atoms with E-state index in [0.717, 1.165) is 18.4 Å². The zero-order valence-electron chi connectivity index (χ0n) is 9.70. The van der Waals surface area contributed by atoms with Crippen molar-refractivity contribution in [2.75, 3.05) is 7.11 Å². The van der Waals surface area contributed by atoms with E-state index in [1.807, 2.05) is 25.1 Å². The molecule has 1 unspecified atom stereocenters. The van der Waals surface area contributed by atoms with Crippen LogP contribution in [0.3, 0.4) is 0 Å². The molecule has 0 N–H and O–H groups in total. The fraction of sp³-hybridized carbons (Fsp3) is 0.462. The number of hydrogen-bond donors (Lipinski definition) is 0. The Hall–Kier alpha value is -0.860. The third-order valence-electron chi connectivity index (χ3n) is 2.46. The maximum Gasteiger partial charge on any atom is 0.165 e. The van der Waals surface area contributed by atoms with Crippen LogP contribution < -0.4 is 0 Å². The highest BCUT2D eigenvalue weighted by molar-refractivity contribution is 6.30. The Kier molecular flexibility index (Phi) is 5.50. The predicted octanol–water partition coefficient (Wildman–Crippen LogP) is 3.27. The van der Waals surface area contributed by atoms with Gasteiger partial charge in [0.2, 0.25) is 0 Å². The Bertz CT molecular complexity index is 350. The smallest absolute Gasteiger partial charge is 0.165 e. The first kappa shape index (κ1) is 13.2. The van der Waals surface area contributed by atoms with Gasteiger partial charge in [0.15, 0.2) is 5.78 Å². The van der Waals surface area contributed by atoms with Gasteiger partial charge in [-0.05, 0) is 24.1 Å². The lowest BCUT2D eigenvalue weighted by atomic mass is 10.0. The number of ether oxygens (including phenoxy) is 1. The fourth-order valence-corrected chi connectivity index (χ4v) is 1.85. The molecule has 88 valence electrons. The highest BCUT2D eigenvalue weighted by Gasteiger charge is 2.16. The maximum atomic E-state index is 11.9. The molecule has 3 heteroatoms. The number of halogens is 1. The summed E-state index contributed by atoms with van der Waals surface area (Å²) in [5.41, 5.74) is 0.940. The van der Waals surface area contributed by atoms with Gasteiger partial charge in [-0.3, -0.25) is 4.79 Å². The van der Waals surface area contributed by atoms with Crippen molar-refractivity contribution in [1.29, 1.82) is 0 Å². The molecule has 16 heavy (non-hydrogen) atoms. The topological polar surface area (TPSA) is 26.3 Å². The van der Waals surface area contributed by atoms with Crippen molar-refractivity contribution in [2.24, 2.45) is 0 Å². The molecule has 0 aliphatic heterocycles. The number of carbonyl (C=O) groups is 1. The number of carbonyl (C=O) groups excluding carboxylic acids is 1. The minimum Gasteiger partial charge on any atom is -0.374 e. The van der Waals surface area contributed by atoms with Gasteiger partial charge in [0, 0.05) is 18.6 Å². The van der Waals surface area contributed by atoms with Crippen LogP contribution in [0, 0.1) is 0 Å². The molecule has 1 aromatic rings. The lowest BCUT2D eigenvalue weighted by Crippen LogP contribution is -2.24. The summed E-state index contributed by atoms with van der Waals surface area (Å²) >= 11 is 5.86. The molecule has 0 aliphatic rings. The number of hydrogen-bond acceptors (Lipinski definition) is 2. The largest absolute Gasteiger partial charge is 0.374 e. The highest BCUT2D eigenvalue weighted by atomic mass is 35.5. The molecule has 0 amide bonds. The number of benzene rings is 1. The van der Waals surface area contributed by atoms with Crippen LogP contribution >= 0.6 is 11.6 Å². The van der Waals surface area contributed by atoms with Crippen molar-refractivity contribution >= 4 is 17.4 Å². The standard InChI is InChI=1S/C13H17ClO2/c1-3-5-13(16-2)12(15)9-10-6-4-7-11(14)8-10/h4,6-8,13H,3,5,9H2,1-2H3. The fourth-order valence-electron chi connectivity index (χ4n) is 1.63. The van der Waals surface area contributed by atoms with Gasteiger partial charge in [-0.15, -0.1) is 0 Å². The van der Waals surface area contributed by atoms with Gasteiger partial charge in [-0.1, -0.05) is 37.1 Å². The van der Waals surface area contributed by atoms with Crippen LogP contribution in [-0.4, -0.2) is 19.0 Å². The van der Waals surface area contributed by atoms with E-state index < -0.39 is 0 Å². The number of methoxy groups -OCH3 is 1. The van der Waals surface area contributed by atoms with Crippen molar-refractivity contribution in [3.05, 3.63) is 34.9 Å². The summed E-state index contributed by atoms with van der Waals surface area (Å²) in [4.78, 5) is 11.9. The second-order valence-corrected chi connectivity index (χ2v) is 4.22. The molecular weight excluding hydrogens is 224 g/mol. The SMILES string of the molecule is CCCC(OC)C(=O)Cc1cccc(Cl)c1. The molecule has 1 aromatic carbocycles. The van der Waals surface area contributed by atoms with Crippen LogP contribution in [0.25, 0.3) is 0 Å². The highest BCUT2D eigenvalue weighted by Crippen LogP contribution is 2.13. The van der Waals surface area contributed by atoms with Gasteiger partial charge in [-0.2, -0.15) is 0 Å². The van der Waals surface area contributed by atoms with Gasteiger partial charge in [0.05, 0.1) is 0 Å². The third-order valence-corrected chi connectivity index (χ3v) is 2.70. The van der Waals surface area contributed by atoms with E-state index in [1.165, 1.54) is 0 Å². The van der Waals surface area contributed by atoms with E-state index in [9.17, 15) is 4.79 Å². The number of Topliss-reactive ketones (excluding diaryl/α,β-unsaturated/α-hetero) is 1. The molecule has 0 bridgehead atoms. The summed E-state index contributed by atoms with van der Waals surface area (Å²) in [5, 5.41) is 0.662. The summed E-state index contributed by atoms with van der Waals surface area (Å²) in [6, 6.07) is 7.38. The first-order valence-corrected chi connectivity index (χ1v) is 5.85. The van der Waals surface area contributed by atoms with Gasteiger partial charge in [-0.25, -0.2) is 0 Å². The zero-order valence-corrected chi connectivity index (χ0v) is 10.5. The van der Waals surface area contributed by atoms with Crippen molar-refractivity contribution in [3.63, 3.8) is 0 Å². The quantitative estimate of drug-likeness (QED) is 0.763. The average Bonchev–Trinajstić information content (AvgIpc) is 2.25. The summed E-state index contributed by atoms with van der Waals surface area (Å²) in [6.45, 7) is 2.04. The van der Waals surface area contributed by atoms with E-state index in [1.54, 1.807) is 13.2 Å². The van der Waals surface area contributed by atoms with E-state index in [0.29, 0.717) is 11.4 Å². The maximum absolute atomic E-state index is 11.9. The Morgan fingerprint density at radius 1 is 1.50 bits per heavy atom. The van der Waals surface area contributed by atoms with Crippen LogP contribution in [0.15, 0.2) is 24.3 Å². The molecular formula is C13H17ClO2. The first-order chi connectivity index (χ1) is 7.67. The minimum atomic E-state index is -0.288. The Morgan fingerprint density at radius 2 is 2.25 bits per heavy atom. The van der Waals surface area contributed by atoms with Gasteiger partial charge in [0.25, 0.3) is 0 Å². The van der Waals surface area contributed by atoms with Crippen LogP contribution in [0.4, 0.5) is 0 Å². The van der Waals surface area contributed by atoms with Crippen LogP contribution in [0.2, 0.25) is 5.02 Å². The monoisotopic (exact) mass is 240 g/mol. The zero-order chi connectivity index (χ0) is 12.0. The molecule has 1 rings (SSSR count). The first-order valence-electron chi connectivity index (χ1n) is 5.47. The molecule has 0 fully saturated rings. The Labute approximate surface area is 102 Å². The Balaban J connectivity index is 2.62. The molecule has 2 nitrogen and oxygen atoms in total. The molecule has 0 saturated carbocycles. The molecule has 0 aromatic heterocycles. The van der Waals surface area contributed by atoms with Crippen molar-refractivity contribution in [2.45, 2.75) is 32.3 Å². The summed E-state index contributed by atoms with van der Waals surface area (Å²) in [5.74, 6) is 0.117. The van der Waals surface area contributed by atoms with E-state index >= 15 is 0 Å². The van der Waals surface area contributed by atoms with Crippen molar-refractivity contribution in [1.82, 2.24) is 0 Å². The molecule has 0 spiro atoms. The number of ketones is 1. The molecule has 0 heterocycles. The molecule has 0 aliphatic carbocycles. The van der Waals surface area contributed by atoms with Gasteiger partial charge >= 0.3 is 0 Å². The third kappa shape index (κ3) is 3.95. The second-order valence-electron chi connectivity index (χ2n) is 3.79. The van der Waals surface area contributed by atoms with Crippen LogP contribution in [-0.2, 0) is 16.0 Å². The van der Waals surface area contributed by atoms with Crippen LogP contribution in [0.1, 0.15) is 25.3 Å². The molecule has 1 atom stereocenters. The van der Waals surface area contributed by atoms with E-state index in [2.05, 4.69) is 0 Å². The van der Waals surface area contributed by atoms with Crippen LogP contribution in [0.5, 0.6) is 0 Å². The Morgan fingerprint density at radius 3 is 2.81 bits per heavy atom. The summed E-state index contributed by atoms with van der Waals surface area (Å²) < 4.78 is 5.17. The average molecular weight is 241 g/mol. The minimum absolute atomic E-state index is 0.117. The normalized spacial score (nSPS) is 12.4. The molecule has 0 saturated heterocycles. The second kappa shape index (κ2) is 6.66. The van der Waals surface area contributed by atoms with E-state index in [-0.39, 0.29) is 11.9 Å². The summed E-state index contributed by atoms with van der Waals surface area (Å²) in [6.07, 6.45) is 1.82.